The van der Waals surface area contributed by atoms with Gasteiger partial charge in [0.05, 0.1) is 19.0 Å². The molecule has 27 heavy (non-hydrogen) atoms. The number of rotatable bonds is 4. The summed E-state index contributed by atoms with van der Waals surface area (Å²) in [6.45, 7) is 9.39. The smallest absolute Gasteiger partial charge is 0.229 e. The van der Waals surface area contributed by atoms with Crippen molar-refractivity contribution in [2.24, 2.45) is 5.41 Å². The average molecular weight is 368 g/mol. The second kappa shape index (κ2) is 7.86. The molecule has 0 radical (unpaired) electrons. The van der Waals surface area contributed by atoms with Gasteiger partial charge >= 0.3 is 0 Å². The predicted octanol–water partition coefficient (Wildman–Crippen LogP) is 3.40. The molecule has 144 valence electrons. The third-order valence-electron chi connectivity index (χ3n) is 4.73. The molecule has 6 heteroatoms. The molecule has 1 aliphatic rings. The van der Waals surface area contributed by atoms with Crippen LogP contribution in [0, 0.1) is 5.41 Å². The molecule has 0 bridgehead atoms. The molecule has 1 aromatic heterocycles. The van der Waals surface area contributed by atoms with Gasteiger partial charge in [-0.25, -0.2) is 4.98 Å². The monoisotopic (exact) mass is 368 g/mol. The van der Waals surface area contributed by atoms with Crippen LogP contribution in [0.1, 0.15) is 20.8 Å². The fourth-order valence-electron chi connectivity index (χ4n) is 2.95. The van der Waals surface area contributed by atoms with E-state index in [1.807, 2.05) is 45.0 Å². The van der Waals surface area contributed by atoms with E-state index in [1.165, 1.54) is 5.69 Å². The van der Waals surface area contributed by atoms with Crippen LogP contribution < -0.4 is 19.9 Å². The molecule has 1 amide bonds. The third-order valence-corrected chi connectivity index (χ3v) is 4.73. The normalized spacial score (nSPS) is 14.8. The first-order chi connectivity index (χ1) is 12.9. The Kier molecular flexibility index (Phi) is 5.54. The number of ether oxygens (including phenoxy) is 1. The number of pyridine rings is 1. The predicted molar refractivity (Wildman–Crippen MR) is 110 cm³/mol. The molecule has 0 saturated carbocycles. The number of benzene rings is 1. The lowest BCUT2D eigenvalue weighted by molar-refractivity contribution is -0.123. The van der Waals surface area contributed by atoms with Gasteiger partial charge in [0.25, 0.3) is 0 Å². The Bertz CT molecular complexity index is 758. The number of carbonyl (C=O) groups excluding carboxylic acids is 1. The second-order valence-electron chi connectivity index (χ2n) is 7.78. The zero-order valence-electron chi connectivity index (χ0n) is 16.5. The summed E-state index contributed by atoms with van der Waals surface area (Å²) in [4.78, 5) is 21.2. The molecular weight excluding hydrogens is 340 g/mol. The Balaban J connectivity index is 1.56. The van der Waals surface area contributed by atoms with Gasteiger partial charge in [0, 0.05) is 37.3 Å². The lowest BCUT2D eigenvalue weighted by Gasteiger charge is -2.36. The van der Waals surface area contributed by atoms with Crippen LogP contribution >= 0.6 is 0 Å². The highest BCUT2D eigenvalue weighted by molar-refractivity contribution is 5.94. The zero-order chi connectivity index (χ0) is 19.4. The van der Waals surface area contributed by atoms with Gasteiger partial charge in [0.1, 0.15) is 11.6 Å². The maximum atomic E-state index is 12.1. The van der Waals surface area contributed by atoms with Gasteiger partial charge in [0.15, 0.2) is 0 Å². The molecule has 2 aromatic rings. The van der Waals surface area contributed by atoms with Crippen molar-refractivity contribution < 1.29 is 9.53 Å². The van der Waals surface area contributed by atoms with Gasteiger partial charge < -0.3 is 19.9 Å². The SMILES string of the molecule is COc1ccc(N2CCN(c3ccc(NC(=O)C(C)(C)C)cn3)CC2)cc1. The number of nitrogens with zero attached hydrogens (tertiary/aromatic N) is 3. The number of nitrogens with one attached hydrogen (secondary N) is 1. The van der Waals surface area contributed by atoms with E-state index in [1.54, 1.807) is 13.3 Å². The van der Waals surface area contributed by atoms with Crippen LogP contribution in [0.15, 0.2) is 42.6 Å². The second-order valence-corrected chi connectivity index (χ2v) is 7.78. The maximum absolute atomic E-state index is 12.1. The van der Waals surface area contributed by atoms with Crippen LogP contribution in [-0.2, 0) is 4.79 Å². The molecule has 3 rings (SSSR count). The van der Waals surface area contributed by atoms with E-state index < -0.39 is 5.41 Å². The standard InChI is InChI=1S/C21H28N4O2/c1-21(2,3)20(26)23-16-5-10-19(22-15-16)25-13-11-24(12-14-25)17-6-8-18(27-4)9-7-17/h5-10,15H,11-14H2,1-4H3,(H,23,26). The Morgan fingerprint density at radius 1 is 1.00 bits per heavy atom. The summed E-state index contributed by atoms with van der Waals surface area (Å²) in [5.41, 5.74) is 1.52. The average Bonchev–Trinajstić information content (AvgIpc) is 2.68. The van der Waals surface area contributed by atoms with Gasteiger partial charge in [0.2, 0.25) is 5.91 Å². The minimum Gasteiger partial charge on any atom is -0.497 e. The number of piperazine rings is 1. The number of carbonyl (C=O) groups is 1. The topological polar surface area (TPSA) is 57.7 Å². The van der Waals surface area contributed by atoms with Gasteiger partial charge in [-0.2, -0.15) is 0 Å². The summed E-state index contributed by atoms with van der Waals surface area (Å²) >= 11 is 0. The van der Waals surface area contributed by atoms with Crippen molar-refractivity contribution in [3.63, 3.8) is 0 Å². The fraction of sp³-hybridized carbons (Fsp3) is 0.429. The van der Waals surface area contributed by atoms with E-state index in [2.05, 4.69) is 32.2 Å². The lowest BCUT2D eigenvalue weighted by atomic mass is 9.96. The fourth-order valence-corrected chi connectivity index (χ4v) is 2.95. The van der Waals surface area contributed by atoms with Gasteiger partial charge in [-0.05, 0) is 36.4 Å². The van der Waals surface area contributed by atoms with Crippen molar-refractivity contribution in [3.05, 3.63) is 42.6 Å². The Labute approximate surface area is 161 Å². The summed E-state index contributed by atoms with van der Waals surface area (Å²) < 4.78 is 5.22. The largest absolute Gasteiger partial charge is 0.497 e. The Hall–Kier alpha value is -2.76. The molecule has 1 aromatic carbocycles. The van der Waals surface area contributed by atoms with E-state index in [0.29, 0.717) is 0 Å². The number of hydrogen-bond donors (Lipinski definition) is 1. The number of amides is 1. The molecule has 0 atom stereocenters. The molecule has 0 spiro atoms. The molecule has 1 aliphatic heterocycles. The van der Waals surface area contributed by atoms with Crippen molar-refractivity contribution in [1.82, 2.24) is 4.98 Å². The summed E-state index contributed by atoms with van der Waals surface area (Å²) in [6.07, 6.45) is 1.73. The van der Waals surface area contributed by atoms with Crippen LogP contribution in [0.3, 0.4) is 0 Å². The molecule has 0 aliphatic carbocycles. The number of anilines is 3. The van der Waals surface area contributed by atoms with E-state index in [-0.39, 0.29) is 5.91 Å². The summed E-state index contributed by atoms with van der Waals surface area (Å²) in [6, 6.07) is 12.1. The van der Waals surface area contributed by atoms with Crippen LogP contribution in [0.2, 0.25) is 0 Å². The molecule has 1 N–H and O–H groups in total. The van der Waals surface area contributed by atoms with Crippen LogP contribution in [0.5, 0.6) is 5.75 Å². The first-order valence-electron chi connectivity index (χ1n) is 9.28. The van der Waals surface area contributed by atoms with E-state index in [0.717, 1.165) is 43.4 Å². The van der Waals surface area contributed by atoms with Crippen LogP contribution in [0.25, 0.3) is 0 Å². The van der Waals surface area contributed by atoms with Gasteiger partial charge in [-0.1, -0.05) is 20.8 Å². The van der Waals surface area contributed by atoms with E-state index in [9.17, 15) is 4.79 Å². The number of hydrogen-bond acceptors (Lipinski definition) is 5. The molecule has 0 unspecified atom stereocenters. The highest BCUT2D eigenvalue weighted by atomic mass is 16.5. The molecular formula is C21H28N4O2. The highest BCUT2D eigenvalue weighted by Crippen LogP contribution is 2.23. The van der Waals surface area contributed by atoms with Crippen molar-refractivity contribution in [2.45, 2.75) is 20.8 Å². The van der Waals surface area contributed by atoms with Crippen LogP contribution in [0.4, 0.5) is 17.2 Å². The van der Waals surface area contributed by atoms with Crippen molar-refractivity contribution >= 4 is 23.1 Å². The third kappa shape index (κ3) is 4.70. The minimum atomic E-state index is -0.420. The minimum absolute atomic E-state index is 0.00911. The zero-order valence-corrected chi connectivity index (χ0v) is 16.5. The lowest BCUT2D eigenvalue weighted by Crippen LogP contribution is -2.46. The maximum Gasteiger partial charge on any atom is 0.229 e. The molecule has 2 heterocycles. The first kappa shape index (κ1) is 19.0. The van der Waals surface area contributed by atoms with Crippen molar-refractivity contribution in [2.75, 3.05) is 48.4 Å². The van der Waals surface area contributed by atoms with E-state index in [4.69, 9.17) is 4.74 Å². The molecule has 1 saturated heterocycles. The highest BCUT2D eigenvalue weighted by Gasteiger charge is 2.22. The Morgan fingerprint density at radius 2 is 1.63 bits per heavy atom. The van der Waals surface area contributed by atoms with Crippen molar-refractivity contribution in [1.29, 1.82) is 0 Å². The summed E-state index contributed by atoms with van der Waals surface area (Å²) in [7, 11) is 1.68. The molecule has 1 fully saturated rings. The van der Waals surface area contributed by atoms with Crippen LogP contribution in [-0.4, -0.2) is 44.2 Å². The number of methoxy groups -OCH3 is 1. The number of aromatic nitrogens is 1. The summed E-state index contributed by atoms with van der Waals surface area (Å²) in [5.74, 6) is 1.81. The summed E-state index contributed by atoms with van der Waals surface area (Å²) in [5, 5.41) is 2.91. The van der Waals surface area contributed by atoms with Gasteiger partial charge in [-0.3, -0.25) is 4.79 Å². The van der Waals surface area contributed by atoms with E-state index >= 15 is 0 Å². The van der Waals surface area contributed by atoms with Gasteiger partial charge in [-0.15, -0.1) is 0 Å². The quantitative estimate of drug-likeness (QED) is 0.896. The Morgan fingerprint density at radius 3 is 2.15 bits per heavy atom. The molecule has 6 nitrogen and oxygen atoms in total. The van der Waals surface area contributed by atoms with Crippen molar-refractivity contribution in [3.8, 4) is 5.75 Å². The first-order valence-corrected chi connectivity index (χ1v) is 9.28.